The molecular formula is C48H63NO14. The van der Waals surface area contributed by atoms with Crippen LogP contribution in [0.25, 0.3) is 0 Å². The van der Waals surface area contributed by atoms with Crippen molar-refractivity contribution in [3.63, 3.8) is 0 Å². The number of esters is 3. The van der Waals surface area contributed by atoms with Crippen LogP contribution in [0.4, 0.5) is 4.79 Å². The monoisotopic (exact) mass is 877 g/mol. The molecule has 2 aromatic carbocycles. The maximum Gasteiger partial charge on any atom is 0.407 e. The summed E-state index contributed by atoms with van der Waals surface area (Å²) in [5.74, 6) is -3.77. The minimum absolute atomic E-state index is 0.0778. The SMILES string of the molecule is CC(=O)O[C@@]12CO[C@@H]1C[C@@H]1O[C@H](c3ccccc3)O[C@H]3[C@H](O)C4=C(C)[C@@H](OC(=O)[C@H](O)[C@H](CC(C)C)NC(=O)OC(C)(C)C)C[C@@](O)([C@@H](OC(=O)c5ccccc5)[C@H]2[C@@]13C)C4(C)C. The Balaban J connectivity index is 1.39. The number of amides is 1. The normalized spacial score (nSPS) is 35.3. The van der Waals surface area contributed by atoms with Gasteiger partial charge >= 0.3 is 24.0 Å². The Labute approximate surface area is 368 Å². The van der Waals surface area contributed by atoms with Crippen LogP contribution in [0.2, 0.25) is 0 Å². The van der Waals surface area contributed by atoms with E-state index in [1.807, 2.05) is 51.1 Å². The zero-order valence-electron chi connectivity index (χ0n) is 37.8. The van der Waals surface area contributed by atoms with Crippen LogP contribution in [-0.4, -0.2) is 112 Å². The average Bonchev–Trinajstić information content (AvgIpc) is 3.19. The molecule has 2 heterocycles. The van der Waals surface area contributed by atoms with Gasteiger partial charge in [-0.2, -0.15) is 0 Å². The quantitative estimate of drug-likeness (QED) is 0.133. The molecule has 2 aliphatic heterocycles. The number of nitrogens with one attached hydrogen (secondary N) is 1. The van der Waals surface area contributed by atoms with E-state index in [1.165, 1.54) is 6.92 Å². The van der Waals surface area contributed by atoms with E-state index in [0.29, 0.717) is 11.1 Å². The predicted octanol–water partition coefficient (Wildman–Crippen LogP) is 5.49. The number of hydrogen-bond donors (Lipinski definition) is 4. The molecule has 1 amide bonds. The van der Waals surface area contributed by atoms with E-state index < -0.39 is 113 Å². The first kappa shape index (κ1) is 46.6. The Bertz CT molecular complexity index is 2080. The lowest BCUT2D eigenvalue weighted by Gasteiger charge is -2.71. The third kappa shape index (κ3) is 8.18. The molecule has 0 radical (unpaired) electrons. The molecule has 0 unspecified atom stereocenters. The molecule has 63 heavy (non-hydrogen) atoms. The molecule has 4 N–H and O–H groups in total. The van der Waals surface area contributed by atoms with E-state index in [0.717, 1.165) is 0 Å². The summed E-state index contributed by atoms with van der Waals surface area (Å²) >= 11 is 0. The molecule has 7 rings (SSSR count). The highest BCUT2D eigenvalue weighted by atomic mass is 16.7. The van der Waals surface area contributed by atoms with Crippen LogP contribution in [0.5, 0.6) is 0 Å². The van der Waals surface area contributed by atoms with Crippen molar-refractivity contribution in [3.8, 4) is 0 Å². The molecule has 2 saturated carbocycles. The number of carbonyl (C=O) groups excluding carboxylic acids is 4. The fourth-order valence-electron chi connectivity index (χ4n) is 11.1. The first-order valence-corrected chi connectivity index (χ1v) is 21.9. The summed E-state index contributed by atoms with van der Waals surface area (Å²) in [5.41, 5.74) is -5.88. The van der Waals surface area contributed by atoms with Crippen LogP contribution >= 0.6 is 0 Å². The van der Waals surface area contributed by atoms with E-state index >= 15 is 0 Å². The number of alkyl carbamates (subject to hydrolysis) is 1. The average molecular weight is 878 g/mol. The Morgan fingerprint density at radius 1 is 0.937 bits per heavy atom. The zero-order chi connectivity index (χ0) is 46.0. The van der Waals surface area contributed by atoms with Crippen molar-refractivity contribution >= 4 is 24.0 Å². The largest absolute Gasteiger partial charge is 0.456 e. The van der Waals surface area contributed by atoms with Crippen molar-refractivity contribution in [2.24, 2.45) is 22.7 Å². The van der Waals surface area contributed by atoms with Gasteiger partial charge in [-0.05, 0) is 63.3 Å². The molecule has 15 heteroatoms. The molecule has 13 atom stereocenters. The topological polar surface area (TPSA) is 206 Å². The molecule has 0 spiro atoms. The predicted molar refractivity (Wildman–Crippen MR) is 226 cm³/mol. The molecule has 5 aliphatic rings. The van der Waals surface area contributed by atoms with Crippen molar-refractivity contribution in [3.05, 3.63) is 82.9 Å². The number of ether oxygens (including phenoxy) is 7. The number of hydrogen-bond acceptors (Lipinski definition) is 14. The molecule has 2 aromatic rings. The number of aliphatic hydroxyl groups excluding tert-OH is 2. The van der Waals surface area contributed by atoms with E-state index in [1.54, 1.807) is 71.9 Å². The third-order valence-electron chi connectivity index (χ3n) is 14.0. The number of fused-ring (bicyclic) bond motifs is 4. The van der Waals surface area contributed by atoms with Gasteiger partial charge in [-0.25, -0.2) is 14.4 Å². The number of aliphatic hydroxyl groups is 3. The summed E-state index contributed by atoms with van der Waals surface area (Å²) in [4.78, 5) is 54.8. The number of benzene rings is 2. The van der Waals surface area contributed by atoms with Crippen LogP contribution < -0.4 is 5.32 Å². The molecule has 2 bridgehead atoms. The molecular weight excluding hydrogens is 815 g/mol. The molecule has 344 valence electrons. The Morgan fingerprint density at radius 2 is 1.57 bits per heavy atom. The van der Waals surface area contributed by atoms with Gasteiger partial charge < -0.3 is 53.8 Å². The van der Waals surface area contributed by atoms with Crippen LogP contribution in [0.15, 0.2) is 71.8 Å². The maximum absolute atomic E-state index is 14.5. The summed E-state index contributed by atoms with van der Waals surface area (Å²) in [6.07, 6.45) is -10.8. The van der Waals surface area contributed by atoms with E-state index in [-0.39, 0.29) is 42.9 Å². The molecule has 0 aromatic heterocycles. The molecule has 15 nitrogen and oxygen atoms in total. The maximum atomic E-state index is 14.5. The molecule has 2 saturated heterocycles. The zero-order valence-corrected chi connectivity index (χ0v) is 37.8. The van der Waals surface area contributed by atoms with Crippen molar-refractivity contribution < 1.29 is 67.7 Å². The minimum atomic E-state index is -2.20. The van der Waals surface area contributed by atoms with E-state index in [4.69, 9.17) is 33.2 Å². The highest BCUT2D eigenvalue weighted by Crippen LogP contribution is 2.67. The fraction of sp³-hybridized carbons (Fsp3) is 0.625. The van der Waals surface area contributed by atoms with Crippen molar-refractivity contribution in [1.29, 1.82) is 0 Å². The second-order valence-corrected chi connectivity index (χ2v) is 20.1. The van der Waals surface area contributed by atoms with Crippen LogP contribution in [0.3, 0.4) is 0 Å². The van der Waals surface area contributed by atoms with Crippen molar-refractivity contribution in [2.75, 3.05) is 6.61 Å². The van der Waals surface area contributed by atoms with Gasteiger partial charge in [-0.3, -0.25) is 4.79 Å². The Hall–Kier alpha value is -4.38. The van der Waals surface area contributed by atoms with Gasteiger partial charge in [0.25, 0.3) is 0 Å². The summed E-state index contributed by atoms with van der Waals surface area (Å²) in [6, 6.07) is 16.4. The van der Waals surface area contributed by atoms with Gasteiger partial charge in [0.05, 0.1) is 36.3 Å². The van der Waals surface area contributed by atoms with E-state index in [9.17, 15) is 34.5 Å². The van der Waals surface area contributed by atoms with Gasteiger partial charge in [0.15, 0.2) is 18.0 Å². The fourth-order valence-corrected chi connectivity index (χ4v) is 11.1. The van der Waals surface area contributed by atoms with Crippen LogP contribution in [-0.2, 0) is 42.7 Å². The summed E-state index contributed by atoms with van der Waals surface area (Å²) in [7, 11) is 0. The van der Waals surface area contributed by atoms with Gasteiger partial charge in [0.2, 0.25) is 0 Å². The minimum Gasteiger partial charge on any atom is -0.456 e. The lowest BCUT2D eigenvalue weighted by Crippen LogP contribution is -2.83. The highest BCUT2D eigenvalue weighted by molar-refractivity contribution is 5.89. The highest BCUT2D eigenvalue weighted by Gasteiger charge is 2.79. The van der Waals surface area contributed by atoms with E-state index in [2.05, 4.69) is 5.32 Å². The third-order valence-corrected chi connectivity index (χ3v) is 14.0. The Morgan fingerprint density at radius 3 is 2.14 bits per heavy atom. The molecule has 4 fully saturated rings. The number of rotatable bonds is 10. The smallest absolute Gasteiger partial charge is 0.407 e. The van der Waals surface area contributed by atoms with Crippen LogP contribution in [0.1, 0.15) is 111 Å². The lowest BCUT2D eigenvalue weighted by atomic mass is 9.44. The first-order chi connectivity index (χ1) is 29.4. The van der Waals surface area contributed by atoms with Crippen molar-refractivity contribution in [1.82, 2.24) is 5.32 Å². The molecule has 3 aliphatic carbocycles. The summed E-state index contributed by atoms with van der Waals surface area (Å²) in [5, 5.41) is 41.1. The Kier molecular flexibility index (Phi) is 12.5. The van der Waals surface area contributed by atoms with Gasteiger partial charge in [0.1, 0.15) is 35.6 Å². The summed E-state index contributed by atoms with van der Waals surface area (Å²) < 4.78 is 44.5. The number of carbonyl (C=O) groups is 4. The summed E-state index contributed by atoms with van der Waals surface area (Å²) in [6.45, 7) is 16.9. The van der Waals surface area contributed by atoms with Crippen LogP contribution in [0, 0.1) is 22.7 Å². The standard InChI is InChI=1S/C48H63NO14/c1-25(2)21-30(49-43(55)63-44(5,6)7)35(51)41(54)58-31-23-48(56)39(60-40(53)28-17-13-11-14-18-28)37-46(10)32(22-33-47(37,24-57-33)62-27(4)50)59-42(29-19-15-12-16-20-29)61-38(46)36(52)34(26(31)3)45(48,8)9/h11-20,25,30-33,35-39,42,51-52,56H,21-24H2,1-10H3,(H,49,55)/t30-,31-,32-,33+,35+,36+,37-,38-,39-,42-,46+,47-,48+/m0/s1. The van der Waals surface area contributed by atoms with Gasteiger partial charge in [-0.1, -0.05) is 83.1 Å². The van der Waals surface area contributed by atoms with Crippen molar-refractivity contribution in [2.45, 2.75) is 160 Å². The van der Waals surface area contributed by atoms with Gasteiger partial charge in [-0.15, -0.1) is 0 Å². The lowest BCUT2D eigenvalue weighted by molar-refractivity contribution is -0.413. The second kappa shape index (κ2) is 16.9. The second-order valence-electron chi connectivity index (χ2n) is 20.1. The first-order valence-electron chi connectivity index (χ1n) is 21.9. The van der Waals surface area contributed by atoms with Gasteiger partial charge in [0, 0.05) is 36.2 Å².